The van der Waals surface area contributed by atoms with Gasteiger partial charge in [-0.15, -0.1) is 0 Å². The molecule has 192 valence electrons. The van der Waals surface area contributed by atoms with E-state index in [1.807, 2.05) is 0 Å². The number of hydrogen-bond acceptors (Lipinski definition) is 10. The lowest BCUT2D eigenvalue weighted by Crippen LogP contribution is -2.26. The molecule has 0 heterocycles. The summed E-state index contributed by atoms with van der Waals surface area (Å²) >= 11 is 0. The molecule has 0 fully saturated rings. The van der Waals surface area contributed by atoms with Crippen LogP contribution in [0.3, 0.4) is 0 Å². The zero-order valence-electron chi connectivity index (χ0n) is 20.5. The molecule has 0 aromatic heterocycles. The van der Waals surface area contributed by atoms with E-state index in [2.05, 4.69) is 0 Å². The van der Waals surface area contributed by atoms with Crippen LogP contribution >= 0.6 is 0 Å². The number of methoxy groups -OCH3 is 2. The van der Waals surface area contributed by atoms with Gasteiger partial charge in [-0.2, -0.15) is 0 Å². The molecule has 1 aliphatic carbocycles. The van der Waals surface area contributed by atoms with E-state index in [9.17, 15) is 9.59 Å². The van der Waals surface area contributed by atoms with E-state index >= 15 is 0 Å². The van der Waals surface area contributed by atoms with Gasteiger partial charge in [-0.3, -0.25) is 9.59 Å². The summed E-state index contributed by atoms with van der Waals surface area (Å²) in [6.07, 6.45) is 0. The number of anilines is 4. The number of ether oxygens (including phenoxy) is 4. The van der Waals surface area contributed by atoms with E-state index < -0.39 is 11.6 Å². The average molecular weight is 513 g/mol. The van der Waals surface area contributed by atoms with Gasteiger partial charge in [0.2, 0.25) is 0 Å². The molecule has 0 spiro atoms. The van der Waals surface area contributed by atoms with Crippen LogP contribution in [0.4, 0.5) is 22.7 Å². The summed E-state index contributed by atoms with van der Waals surface area (Å²) in [5, 5.41) is 0. The third kappa shape index (κ3) is 3.94. The molecule has 0 atom stereocenters. The number of hydrogen-bond donors (Lipinski definition) is 4. The Morgan fingerprint density at radius 3 is 1.26 bits per heavy atom. The van der Waals surface area contributed by atoms with E-state index in [0.717, 1.165) is 0 Å². The summed E-state index contributed by atoms with van der Waals surface area (Å²) in [5.74, 6) is 0.901. The van der Waals surface area contributed by atoms with Crippen LogP contribution in [0.25, 0.3) is 0 Å². The highest BCUT2D eigenvalue weighted by Gasteiger charge is 2.38. The highest BCUT2D eigenvalue weighted by Crippen LogP contribution is 2.46. The molecule has 38 heavy (non-hydrogen) atoms. The first-order chi connectivity index (χ1) is 18.2. The van der Waals surface area contributed by atoms with Crippen molar-refractivity contribution < 1.29 is 28.5 Å². The van der Waals surface area contributed by atoms with Crippen molar-refractivity contribution >= 4 is 34.3 Å². The van der Waals surface area contributed by atoms with Crippen LogP contribution in [0, 0.1) is 0 Å². The smallest absolute Gasteiger partial charge is 0.198 e. The number of nitrogens with two attached hydrogens (primary N) is 4. The minimum Gasteiger partial charge on any atom is -0.497 e. The topological polar surface area (TPSA) is 175 Å². The predicted octanol–water partition coefficient (Wildman–Crippen LogP) is 4.39. The average Bonchev–Trinajstić information content (AvgIpc) is 2.91. The van der Waals surface area contributed by atoms with E-state index in [1.165, 1.54) is 26.4 Å². The van der Waals surface area contributed by atoms with Gasteiger partial charge in [-0.05, 0) is 24.3 Å². The molecule has 0 aliphatic heterocycles. The number of carbonyl (C=O) groups excluding carboxylic acids is 2. The Hall–Kier alpha value is -5.38. The molecule has 10 nitrogen and oxygen atoms in total. The molecule has 1 aliphatic rings. The Balaban J connectivity index is 1.60. The van der Waals surface area contributed by atoms with Gasteiger partial charge in [0.1, 0.15) is 23.0 Å². The highest BCUT2D eigenvalue weighted by molar-refractivity contribution is 6.35. The lowest BCUT2D eigenvalue weighted by atomic mass is 9.80. The van der Waals surface area contributed by atoms with Crippen LogP contribution in [-0.4, -0.2) is 25.8 Å². The normalized spacial score (nSPS) is 11.9. The highest BCUT2D eigenvalue weighted by atomic mass is 16.5. The first-order valence-corrected chi connectivity index (χ1v) is 11.4. The second-order valence-electron chi connectivity index (χ2n) is 8.48. The zero-order valence-corrected chi connectivity index (χ0v) is 20.5. The van der Waals surface area contributed by atoms with Crippen LogP contribution in [0.1, 0.15) is 31.8 Å². The van der Waals surface area contributed by atoms with Gasteiger partial charge >= 0.3 is 0 Å². The second-order valence-corrected chi connectivity index (χ2v) is 8.48. The first-order valence-electron chi connectivity index (χ1n) is 11.4. The van der Waals surface area contributed by atoms with Crippen LogP contribution < -0.4 is 41.9 Å². The molecule has 0 bridgehead atoms. The van der Waals surface area contributed by atoms with Crippen molar-refractivity contribution in [1.82, 2.24) is 0 Å². The maximum Gasteiger partial charge on any atom is 0.198 e. The van der Waals surface area contributed by atoms with Gasteiger partial charge < -0.3 is 41.9 Å². The lowest BCUT2D eigenvalue weighted by molar-refractivity contribution is 0.0981. The van der Waals surface area contributed by atoms with E-state index in [-0.39, 0.29) is 56.5 Å². The first kappa shape index (κ1) is 24.3. The Labute approximate surface area is 217 Å². The van der Waals surface area contributed by atoms with Crippen LogP contribution in [0.5, 0.6) is 34.5 Å². The third-order valence-corrected chi connectivity index (χ3v) is 6.17. The lowest BCUT2D eigenvalue weighted by Gasteiger charge is -2.25. The minimum absolute atomic E-state index is 0.00631. The molecule has 8 N–H and O–H groups in total. The van der Waals surface area contributed by atoms with Gasteiger partial charge in [0.25, 0.3) is 0 Å². The Kier molecular flexibility index (Phi) is 5.92. The quantitative estimate of drug-likeness (QED) is 0.239. The number of carbonyl (C=O) groups is 2. The second kappa shape index (κ2) is 9.25. The summed E-state index contributed by atoms with van der Waals surface area (Å²) in [5.41, 5.74) is 24.7. The molecular weight excluding hydrogens is 488 g/mol. The van der Waals surface area contributed by atoms with Crippen molar-refractivity contribution in [1.29, 1.82) is 0 Å². The van der Waals surface area contributed by atoms with Crippen LogP contribution in [0.15, 0.2) is 60.7 Å². The fourth-order valence-electron chi connectivity index (χ4n) is 4.35. The third-order valence-electron chi connectivity index (χ3n) is 6.17. The summed E-state index contributed by atoms with van der Waals surface area (Å²) in [6.45, 7) is 0. The largest absolute Gasteiger partial charge is 0.497 e. The number of fused-ring (bicyclic) bond motifs is 2. The molecule has 4 aromatic carbocycles. The van der Waals surface area contributed by atoms with Gasteiger partial charge in [0.15, 0.2) is 23.1 Å². The molecule has 0 radical (unpaired) electrons. The van der Waals surface area contributed by atoms with Crippen molar-refractivity contribution in [2.45, 2.75) is 0 Å². The minimum atomic E-state index is -0.605. The molecule has 0 unspecified atom stereocenters. The van der Waals surface area contributed by atoms with Crippen molar-refractivity contribution in [2.75, 3.05) is 37.2 Å². The maximum absolute atomic E-state index is 13.7. The number of nitrogen functional groups attached to an aromatic ring is 4. The van der Waals surface area contributed by atoms with Gasteiger partial charge in [0, 0.05) is 35.6 Å². The fraction of sp³-hybridized carbons (Fsp3) is 0.0714. The molecule has 4 aromatic rings. The Morgan fingerprint density at radius 1 is 0.526 bits per heavy atom. The monoisotopic (exact) mass is 512 g/mol. The number of ketones is 2. The van der Waals surface area contributed by atoms with Crippen molar-refractivity contribution in [3.05, 3.63) is 82.9 Å². The van der Waals surface area contributed by atoms with Gasteiger partial charge in [-0.1, -0.05) is 12.1 Å². The Bertz CT molecular complexity index is 1510. The maximum atomic E-state index is 13.7. The summed E-state index contributed by atoms with van der Waals surface area (Å²) in [6, 6.07) is 16.4. The SMILES string of the molecule is COc1cccc(Oc2cc(N)c3c(c2N)C(=O)c2c(N)cc(Oc4cccc(OC)c4)c(N)c2C3=O)c1. The van der Waals surface area contributed by atoms with E-state index in [0.29, 0.717) is 23.0 Å². The molecule has 0 saturated heterocycles. The van der Waals surface area contributed by atoms with Crippen molar-refractivity contribution in [2.24, 2.45) is 0 Å². The molecule has 10 heteroatoms. The zero-order chi connectivity index (χ0) is 27.1. The molecular formula is C28H24N4O6. The van der Waals surface area contributed by atoms with Crippen LogP contribution in [0.2, 0.25) is 0 Å². The number of benzene rings is 4. The van der Waals surface area contributed by atoms with E-state index in [4.69, 9.17) is 41.9 Å². The predicted molar refractivity (Wildman–Crippen MR) is 144 cm³/mol. The summed E-state index contributed by atoms with van der Waals surface area (Å²) in [7, 11) is 3.05. The van der Waals surface area contributed by atoms with E-state index in [1.54, 1.807) is 48.5 Å². The van der Waals surface area contributed by atoms with Crippen molar-refractivity contribution in [3.8, 4) is 34.5 Å². The molecule has 0 saturated carbocycles. The van der Waals surface area contributed by atoms with Crippen LogP contribution in [-0.2, 0) is 0 Å². The fourth-order valence-corrected chi connectivity index (χ4v) is 4.35. The molecule has 0 amide bonds. The Morgan fingerprint density at radius 2 is 0.895 bits per heavy atom. The van der Waals surface area contributed by atoms with Gasteiger partial charge in [-0.25, -0.2) is 0 Å². The summed E-state index contributed by atoms with van der Waals surface area (Å²) in [4.78, 5) is 27.4. The molecule has 5 rings (SSSR count). The number of rotatable bonds is 6. The standard InChI is InChI=1S/C28H24N4O6/c1-35-13-5-3-7-15(9-13)37-19-11-17(29)21-23(25(19)31)27(33)22-18(30)12-20(26(32)24(22)28(21)34)38-16-8-4-6-14(10-16)36-2/h3-12H,29-32H2,1-2H3. The van der Waals surface area contributed by atoms with Crippen molar-refractivity contribution in [3.63, 3.8) is 0 Å². The van der Waals surface area contributed by atoms with Gasteiger partial charge in [0.05, 0.1) is 47.8 Å². The summed E-state index contributed by atoms with van der Waals surface area (Å²) < 4.78 is 22.2.